The third-order valence-electron chi connectivity index (χ3n) is 11.8. The summed E-state index contributed by atoms with van der Waals surface area (Å²) < 4.78 is 5.07. The largest absolute Gasteiger partial charge is 0.308 e. The summed E-state index contributed by atoms with van der Waals surface area (Å²) in [5.74, 6) is 1.88. The third kappa shape index (κ3) is 6.26. The Morgan fingerprint density at radius 1 is 0.306 bits per heavy atom. The molecule has 0 saturated heterocycles. The summed E-state index contributed by atoms with van der Waals surface area (Å²) in [5, 5.41) is 5.06. The molecule has 0 spiro atoms. The van der Waals surface area contributed by atoms with E-state index in [2.05, 4.69) is 187 Å². The molecule has 290 valence electrons. The molecule has 0 aliphatic heterocycles. The Labute approximate surface area is 362 Å². The summed E-state index contributed by atoms with van der Waals surface area (Å²) in [6.07, 6.45) is 0. The SMILES string of the molecule is c1ccc(-c2cc(-c3cc(-c4ccccc4)cc(-n4c5ccccc5c5ccc6c7ccccc7sc6c54)c3)cc(-c3nc(-c4ccccc4)nc(-c4ccccc4)n3)c2)cc1. The third-order valence-corrected chi connectivity index (χ3v) is 13.0. The van der Waals surface area contributed by atoms with Crippen LogP contribution in [0.5, 0.6) is 0 Å². The van der Waals surface area contributed by atoms with Crippen LogP contribution < -0.4 is 0 Å². The van der Waals surface area contributed by atoms with Crippen molar-refractivity contribution in [2.24, 2.45) is 0 Å². The van der Waals surface area contributed by atoms with Gasteiger partial charge in [-0.15, -0.1) is 11.3 Å². The van der Waals surface area contributed by atoms with E-state index in [1.165, 1.54) is 42.0 Å². The van der Waals surface area contributed by atoms with E-state index in [0.29, 0.717) is 17.5 Å². The predicted octanol–water partition coefficient (Wildman–Crippen LogP) is 15.3. The van der Waals surface area contributed by atoms with Gasteiger partial charge < -0.3 is 4.57 Å². The van der Waals surface area contributed by atoms with E-state index in [4.69, 9.17) is 15.0 Å². The molecule has 3 heterocycles. The van der Waals surface area contributed by atoms with Gasteiger partial charge in [0.1, 0.15) is 0 Å². The van der Waals surface area contributed by atoms with E-state index in [1.54, 1.807) is 0 Å². The fourth-order valence-corrected chi connectivity index (χ4v) is 10.1. The number of para-hydroxylation sites is 1. The van der Waals surface area contributed by atoms with Crippen LogP contribution in [-0.2, 0) is 0 Å². The van der Waals surface area contributed by atoms with Gasteiger partial charge in [-0.25, -0.2) is 15.0 Å². The van der Waals surface area contributed by atoms with Crippen molar-refractivity contribution < 1.29 is 0 Å². The minimum Gasteiger partial charge on any atom is -0.308 e. The minimum absolute atomic E-state index is 0.616. The Morgan fingerprint density at radius 2 is 0.726 bits per heavy atom. The zero-order valence-electron chi connectivity index (χ0n) is 33.5. The summed E-state index contributed by atoms with van der Waals surface area (Å²) in [6.45, 7) is 0. The highest BCUT2D eigenvalue weighted by Gasteiger charge is 2.20. The van der Waals surface area contributed by atoms with E-state index >= 15 is 0 Å². The molecule has 0 atom stereocenters. The first-order valence-corrected chi connectivity index (χ1v) is 21.7. The molecule has 0 N–H and O–H groups in total. The molecule has 0 amide bonds. The van der Waals surface area contributed by atoms with Gasteiger partial charge in [-0.05, 0) is 81.9 Å². The molecule has 4 nitrogen and oxygen atoms in total. The second-order valence-corrected chi connectivity index (χ2v) is 16.7. The van der Waals surface area contributed by atoms with Gasteiger partial charge in [0.15, 0.2) is 17.5 Å². The van der Waals surface area contributed by atoms with E-state index < -0.39 is 0 Å². The fraction of sp³-hybridized carbons (Fsp3) is 0. The van der Waals surface area contributed by atoms with E-state index in [9.17, 15) is 0 Å². The van der Waals surface area contributed by atoms with E-state index in [1.807, 2.05) is 47.7 Å². The van der Waals surface area contributed by atoms with Crippen molar-refractivity contribution in [3.63, 3.8) is 0 Å². The van der Waals surface area contributed by atoms with Gasteiger partial charge in [0.05, 0.1) is 15.7 Å². The highest BCUT2D eigenvalue weighted by molar-refractivity contribution is 7.26. The molecule has 12 rings (SSSR count). The number of nitrogens with zero attached hydrogens (tertiary/aromatic N) is 4. The smallest absolute Gasteiger partial charge is 0.164 e. The molecule has 0 aliphatic carbocycles. The highest BCUT2D eigenvalue weighted by Crippen LogP contribution is 2.44. The number of rotatable bonds is 7. The first-order valence-electron chi connectivity index (χ1n) is 20.8. The van der Waals surface area contributed by atoms with Crippen molar-refractivity contribution >= 4 is 53.3 Å². The van der Waals surface area contributed by atoms with Crippen molar-refractivity contribution in [2.75, 3.05) is 0 Å². The maximum Gasteiger partial charge on any atom is 0.164 e. The predicted molar refractivity (Wildman–Crippen MR) is 260 cm³/mol. The molecule has 62 heavy (non-hydrogen) atoms. The van der Waals surface area contributed by atoms with Gasteiger partial charge in [-0.1, -0.05) is 170 Å². The van der Waals surface area contributed by atoms with Crippen LogP contribution >= 0.6 is 11.3 Å². The maximum absolute atomic E-state index is 5.18. The lowest BCUT2D eigenvalue weighted by molar-refractivity contribution is 1.07. The van der Waals surface area contributed by atoms with Gasteiger partial charge in [-0.2, -0.15) is 0 Å². The molecule has 0 saturated carbocycles. The number of thiophene rings is 1. The van der Waals surface area contributed by atoms with Crippen LogP contribution in [0.1, 0.15) is 0 Å². The van der Waals surface area contributed by atoms with Crippen molar-refractivity contribution in [3.8, 4) is 73.2 Å². The fourth-order valence-electron chi connectivity index (χ4n) is 8.86. The lowest BCUT2D eigenvalue weighted by Gasteiger charge is -2.16. The molecular formula is C57H36N4S. The Bertz CT molecular complexity index is 3560. The van der Waals surface area contributed by atoms with Gasteiger partial charge >= 0.3 is 0 Å². The van der Waals surface area contributed by atoms with Crippen LogP contribution in [-0.4, -0.2) is 19.5 Å². The number of aromatic nitrogens is 4. The average Bonchev–Trinajstić information content (AvgIpc) is 3.91. The van der Waals surface area contributed by atoms with E-state index in [0.717, 1.165) is 55.8 Å². The highest BCUT2D eigenvalue weighted by atomic mass is 32.1. The molecular weight excluding hydrogens is 773 g/mol. The van der Waals surface area contributed by atoms with Crippen LogP contribution in [0.4, 0.5) is 0 Å². The molecule has 0 aliphatic rings. The van der Waals surface area contributed by atoms with Crippen LogP contribution in [0.3, 0.4) is 0 Å². The Kier molecular flexibility index (Phi) is 8.65. The normalized spacial score (nSPS) is 11.5. The molecule has 12 aromatic rings. The summed E-state index contributed by atoms with van der Waals surface area (Å²) in [5.41, 5.74) is 12.9. The Hall–Kier alpha value is -7.99. The summed E-state index contributed by atoms with van der Waals surface area (Å²) in [6, 6.07) is 77.6. The Balaban J connectivity index is 1.14. The number of hydrogen-bond donors (Lipinski definition) is 0. The minimum atomic E-state index is 0.616. The quantitative estimate of drug-likeness (QED) is 0.161. The molecule has 9 aromatic carbocycles. The lowest BCUT2D eigenvalue weighted by Crippen LogP contribution is -2.00. The standard InChI is InChI=1S/C57H36N4S/c1-5-17-37(18-6-1)41-31-42(34-45(33-41)57-59-55(39-21-9-3-10-22-39)58-56(60-57)40-23-11-4-12-24-40)44-32-43(38-19-7-2-8-20-38)35-46(36-44)61-51-27-15-13-25-47(51)49-29-30-50-48-26-14-16-28-52(48)62-54(50)53(49)61/h1-36H. The van der Waals surface area contributed by atoms with Crippen molar-refractivity contribution in [3.05, 3.63) is 218 Å². The molecule has 3 aromatic heterocycles. The van der Waals surface area contributed by atoms with Crippen LogP contribution in [0.25, 0.3) is 115 Å². The average molecular weight is 809 g/mol. The topological polar surface area (TPSA) is 43.6 Å². The van der Waals surface area contributed by atoms with Crippen LogP contribution in [0, 0.1) is 0 Å². The monoisotopic (exact) mass is 808 g/mol. The molecule has 0 radical (unpaired) electrons. The molecule has 5 heteroatoms. The van der Waals surface area contributed by atoms with E-state index in [-0.39, 0.29) is 0 Å². The van der Waals surface area contributed by atoms with Crippen molar-refractivity contribution in [1.29, 1.82) is 0 Å². The maximum atomic E-state index is 5.18. The second kappa shape index (κ2) is 14.9. The number of benzene rings is 9. The van der Waals surface area contributed by atoms with Gasteiger partial charge in [0.25, 0.3) is 0 Å². The summed E-state index contributed by atoms with van der Waals surface area (Å²) >= 11 is 1.87. The molecule has 0 bridgehead atoms. The van der Waals surface area contributed by atoms with Gasteiger partial charge in [0, 0.05) is 48.6 Å². The zero-order chi connectivity index (χ0) is 41.0. The number of hydrogen-bond acceptors (Lipinski definition) is 4. The van der Waals surface area contributed by atoms with Crippen LogP contribution in [0.15, 0.2) is 218 Å². The summed E-state index contributed by atoms with van der Waals surface area (Å²) in [4.78, 5) is 15.4. The Morgan fingerprint density at radius 3 is 1.32 bits per heavy atom. The second-order valence-electron chi connectivity index (χ2n) is 15.6. The first kappa shape index (κ1) is 35.9. The summed E-state index contributed by atoms with van der Waals surface area (Å²) in [7, 11) is 0. The number of fused-ring (bicyclic) bond motifs is 7. The van der Waals surface area contributed by atoms with Crippen molar-refractivity contribution in [1.82, 2.24) is 19.5 Å². The van der Waals surface area contributed by atoms with Gasteiger partial charge in [0.2, 0.25) is 0 Å². The molecule has 0 fully saturated rings. The van der Waals surface area contributed by atoms with Crippen LogP contribution in [0.2, 0.25) is 0 Å². The first-order chi connectivity index (χ1) is 30.7. The zero-order valence-corrected chi connectivity index (χ0v) is 34.3. The molecule has 0 unspecified atom stereocenters. The lowest BCUT2D eigenvalue weighted by atomic mass is 9.93. The van der Waals surface area contributed by atoms with Crippen molar-refractivity contribution in [2.45, 2.75) is 0 Å². The van der Waals surface area contributed by atoms with Gasteiger partial charge in [-0.3, -0.25) is 0 Å².